The van der Waals surface area contributed by atoms with Crippen molar-refractivity contribution in [1.29, 1.82) is 10.5 Å². The molecule has 82 valence electrons. The Morgan fingerprint density at radius 1 is 1.44 bits per heavy atom. The van der Waals surface area contributed by atoms with Gasteiger partial charge in [-0.25, -0.2) is 0 Å². The van der Waals surface area contributed by atoms with E-state index in [4.69, 9.17) is 10.5 Å². The van der Waals surface area contributed by atoms with Crippen molar-refractivity contribution < 1.29 is 0 Å². The summed E-state index contributed by atoms with van der Waals surface area (Å²) in [4.78, 5) is 1.47. The van der Waals surface area contributed by atoms with E-state index >= 15 is 0 Å². The summed E-state index contributed by atoms with van der Waals surface area (Å²) in [6.45, 7) is 0.428. The highest BCUT2D eigenvalue weighted by atomic mass is 15.6. The van der Waals surface area contributed by atoms with Gasteiger partial charge in [-0.1, -0.05) is 0 Å². The van der Waals surface area contributed by atoms with Crippen molar-refractivity contribution in [3.8, 4) is 12.1 Å². The van der Waals surface area contributed by atoms with Crippen LogP contribution in [0.4, 0.5) is 0 Å². The third-order valence-electron chi connectivity index (χ3n) is 2.58. The highest BCUT2D eigenvalue weighted by Crippen LogP contribution is 2.37. The van der Waals surface area contributed by atoms with Gasteiger partial charge in [0.1, 0.15) is 0 Å². The predicted octanol–water partition coefficient (Wildman–Crippen LogP) is 0.994. The maximum atomic E-state index is 8.89. The summed E-state index contributed by atoms with van der Waals surface area (Å²) in [5, 5.41) is 29.4. The maximum absolute atomic E-state index is 8.89. The Balaban J connectivity index is 1.91. The highest BCUT2D eigenvalue weighted by molar-refractivity contribution is 5.00. The molecule has 16 heavy (non-hydrogen) atoms. The van der Waals surface area contributed by atoms with Crippen LogP contribution in [0.15, 0.2) is 0 Å². The fourth-order valence-electron chi connectivity index (χ4n) is 1.47. The van der Waals surface area contributed by atoms with Crippen LogP contribution in [0.2, 0.25) is 0 Å². The van der Waals surface area contributed by atoms with Gasteiger partial charge in [-0.2, -0.15) is 15.3 Å². The first-order valence-electron chi connectivity index (χ1n) is 5.37. The molecule has 6 nitrogen and oxygen atoms in total. The smallest absolute Gasteiger partial charge is 0.177 e. The SMILES string of the molecule is N#CCC[C@H](C#N)Cn1nnc(C2CC2)n1. The van der Waals surface area contributed by atoms with Gasteiger partial charge in [0, 0.05) is 12.3 Å². The van der Waals surface area contributed by atoms with Gasteiger partial charge in [0.15, 0.2) is 5.82 Å². The van der Waals surface area contributed by atoms with Crippen molar-refractivity contribution in [3.63, 3.8) is 0 Å². The lowest BCUT2D eigenvalue weighted by Crippen LogP contribution is -2.12. The maximum Gasteiger partial charge on any atom is 0.177 e. The molecule has 2 rings (SSSR count). The fraction of sp³-hybridized carbons (Fsp3) is 0.700. The minimum Gasteiger partial charge on any atom is -0.198 e. The third kappa shape index (κ3) is 2.54. The lowest BCUT2D eigenvalue weighted by molar-refractivity contribution is 0.426. The molecule has 1 atom stereocenters. The largest absolute Gasteiger partial charge is 0.198 e. The molecule has 1 saturated carbocycles. The number of hydrogen-bond donors (Lipinski definition) is 0. The molecular formula is C10H12N6. The third-order valence-corrected chi connectivity index (χ3v) is 2.58. The standard InChI is InChI=1S/C10H12N6/c11-5-1-2-8(6-12)7-16-14-10(13-15-16)9-3-4-9/h8-9H,1-4,7H2/t8-/m1/s1. The quantitative estimate of drug-likeness (QED) is 0.732. The van der Waals surface area contributed by atoms with Gasteiger partial charge in [0.25, 0.3) is 0 Å². The van der Waals surface area contributed by atoms with E-state index in [9.17, 15) is 0 Å². The first-order chi connectivity index (χ1) is 7.83. The zero-order valence-electron chi connectivity index (χ0n) is 8.87. The van der Waals surface area contributed by atoms with Crippen LogP contribution < -0.4 is 0 Å². The number of nitriles is 2. The molecular weight excluding hydrogens is 204 g/mol. The molecule has 1 aromatic heterocycles. The Hall–Kier alpha value is -1.95. The van der Waals surface area contributed by atoms with E-state index in [1.165, 1.54) is 4.80 Å². The lowest BCUT2D eigenvalue weighted by atomic mass is 10.1. The number of tetrazole rings is 1. The van der Waals surface area contributed by atoms with Crippen LogP contribution in [0.5, 0.6) is 0 Å². The van der Waals surface area contributed by atoms with Crippen LogP contribution in [-0.2, 0) is 6.54 Å². The molecule has 0 unspecified atom stereocenters. The molecule has 0 aliphatic heterocycles. The van der Waals surface area contributed by atoms with Crippen molar-refractivity contribution in [1.82, 2.24) is 20.2 Å². The summed E-state index contributed by atoms with van der Waals surface area (Å²) in [6.07, 6.45) is 3.24. The van der Waals surface area contributed by atoms with Crippen molar-refractivity contribution >= 4 is 0 Å². The monoisotopic (exact) mass is 216 g/mol. The molecule has 1 fully saturated rings. The van der Waals surface area contributed by atoms with Gasteiger partial charge in [0.2, 0.25) is 0 Å². The number of nitrogens with zero attached hydrogens (tertiary/aromatic N) is 6. The molecule has 6 heteroatoms. The lowest BCUT2D eigenvalue weighted by Gasteiger charge is -2.03. The molecule has 0 spiro atoms. The first kappa shape index (κ1) is 10.6. The molecule has 0 bridgehead atoms. The van der Waals surface area contributed by atoms with Crippen molar-refractivity contribution in [2.75, 3.05) is 0 Å². The Morgan fingerprint density at radius 2 is 2.25 bits per heavy atom. The molecule has 0 aromatic carbocycles. The van der Waals surface area contributed by atoms with Crippen LogP contribution in [0.1, 0.15) is 37.4 Å². The van der Waals surface area contributed by atoms with Gasteiger partial charge in [-0.3, -0.25) is 0 Å². The average Bonchev–Trinajstić information content (AvgIpc) is 3.05. The first-order valence-corrected chi connectivity index (χ1v) is 5.37. The molecule has 0 saturated heterocycles. The van der Waals surface area contributed by atoms with E-state index in [1.807, 2.05) is 6.07 Å². The van der Waals surface area contributed by atoms with Gasteiger partial charge < -0.3 is 0 Å². The summed E-state index contributed by atoms with van der Waals surface area (Å²) in [5.41, 5.74) is 0. The fourth-order valence-corrected chi connectivity index (χ4v) is 1.47. The highest BCUT2D eigenvalue weighted by Gasteiger charge is 2.28. The van der Waals surface area contributed by atoms with Crippen LogP contribution in [0, 0.1) is 28.6 Å². The summed E-state index contributed by atoms with van der Waals surface area (Å²) in [5.74, 6) is 1.06. The van der Waals surface area contributed by atoms with Crippen molar-refractivity contribution in [3.05, 3.63) is 5.82 Å². The Labute approximate surface area is 93.5 Å². The van der Waals surface area contributed by atoms with Crippen molar-refractivity contribution in [2.24, 2.45) is 5.92 Å². The van der Waals surface area contributed by atoms with E-state index in [0.29, 0.717) is 25.3 Å². The summed E-state index contributed by atoms with van der Waals surface area (Å²) >= 11 is 0. The average molecular weight is 216 g/mol. The molecule has 0 radical (unpaired) electrons. The van der Waals surface area contributed by atoms with Crippen LogP contribution >= 0.6 is 0 Å². The van der Waals surface area contributed by atoms with Gasteiger partial charge in [-0.15, -0.1) is 10.2 Å². The summed E-state index contributed by atoms with van der Waals surface area (Å²) < 4.78 is 0. The van der Waals surface area contributed by atoms with Crippen LogP contribution in [-0.4, -0.2) is 20.2 Å². The predicted molar refractivity (Wildman–Crippen MR) is 53.7 cm³/mol. The summed E-state index contributed by atoms with van der Waals surface area (Å²) in [7, 11) is 0. The van der Waals surface area contributed by atoms with Crippen LogP contribution in [0.3, 0.4) is 0 Å². The second-order valence-corrected chi connectivity index (χ2v) is 4.00. The normalized spacial score (nSPS) is 16.4. The van der Waals surface area contributed by atoms with E-state index < -0.39 is 0 Å². The molecule has 1 aliphatic rings. The molecule has 1 aromatic rings. The zero-order chi connectivity index (χ0) is 11.4. The van der Waals surface area contributed by atoms with Gasteiger partial charge in [-0.05, 0) is 24.5 Å². The summed E-state index contributed by atoms with van der Waals surface area (Å²) in [6, 6.07) is 4.19. The molecule has 0 amide bonds. The Morgan fingerprint density at radius 3 is 2.88 bits per heavy atom. The van der Waals surface area contributed by atoms with Gasteiger partial charge >= 0.3 is 0 Å². The minimum absolute atomic E-state index is 0.207. The van der Waals surface area contributed by atoms with E-state index in [1.54, 1.807) is 0 Å². The molecule has 1 heterocycles. The Bertz CT molecular complexity index is 433. The van der Waals surface area contributed by atoms with E-state index in [0.717, 1.165) is 18.7 Å². The number of rotatable bonds is 5. The second-order valence-electron chi connectivity index (χ2n) is 4.00. The van der Waals surface area contributed by atoms with E-state index in [-0.39, 0.29) is 5.92 Å². The molecule has 1 aliphatic carbocycles. The minimum atomic E-state index is -0.207. The topological polar surface area (TPSA) is 91.2 Å². The van der Waals surface area contributed by atoms with Crippen LogP contribution in [0.25, 0.3) is 0 Å². The van der Waals surface area contributed by atoms with Gasteiger partial charge in [0.05, 0.1) is 24.6 Å². The second kappa shape index (κ2) is 4.71. The molecule has 0 N–H and O–H groups in total. The zero-order valence-corrected chi connectivity index (χ0v) is 8.87. The Kier molecular flexibility index (Phi) is 3.11. The number of hydrogen-bond acceptors (Lipinski definition) is 5. The van der Waals surface area contributed by atoms with Crippen molar-refractivity contribution in [2.45, 2.75) is 38.1 Å². The van der Waals surface area contributed by atoms with E-state index in [2.05, 4.69) is 21.5 Å². The number of aromatic nitrogens is 4.